The third-order valence-corrected chi connectivity index (χ3v) is 3.39. The van der Waals surface area contributed by atoms with Gasteiger partial charge in [-0.25, -0.2) is 0 Å². The van der Waals surface area contributed by atoms with Crippen molar-refractivity contribution >= 4 is 17.3 Å². The number of nitro groups is 1. The Bertz CT molecular complexity index is 453. The number of hydrogen-bond acceptors (Lipinski definition) is 4. The lowest BCUT2D eigenvalue weighted by Gasteiger charge is -2.27. The van der Waals surface area contributed by atoms with E-state index in [0.29, 0.717) is 6.42 Å². The lowest BCUT2D eigenvalue weighted by Crippen LogP contribution is -2.33. The van der Waals surface area contributed by atoms with Gasteiger partial charge in [0.25, 0.3) is 0 Å². The third kappa shape index (κ3) is 2.91. The quantitative estimate of drug-likeness (QED) is 0.677. The zero-order valence-electron chi connectivity index (χ0n) is 9.84. The maximum absolute atomic E-state index is 10.9. The Kier molecular flexibility index (Phi) is 4.04. The summed E-state index contributed by atoms with van der Waals surface area (Å²) in [6, 6.07) is 4.63. The van der Waals surface area contributed by atoms with Crippen molar-refractivity contribution in [2.45, 2.75) is 37.8 Å². The van der Waals surface area contributed by atoms with E-state index in [-0.39, 0.29) is 28.6 Å². The zero-order chi connectivity index (χ0) is 13.1. The number of nitro benzene ring substituents is 1. The molecule has 0 saturated heterocycles. The van der Waals surface area contributed by atoms with E-state index in [1.165, 1.54) is 6.07 Å². The molecule has 1 aromatic rings. The summed E-state index contributed by atoms with van der Waals surface area (Å²) in [7, 11) is 0. The summed E-state index contributed by atoms with van der Waals surface area (Å²) >= 11 is 5.97. The fourth-order valence-electron chi connectivity index (χ4n) is 2.21. The number of hydrogen-bond donors (Lipinski definition) is 1. The van der Waals surface area contributed by atoms with Gasteiger partial charge in [0.2, 0.25) is 5.75 Å². The van der Waals surface area contributed by atoms with Crippen LogP contribution in [0.2, 0.25) is 5.02 Å². The van der Waals surface area contributed by atoms with E-state index in [0.717, 1.165) is 19.3 Å². The van der Waals surface area contributed by atoms with Crippen LogP contribution in [0.25, 0.3) is 0 Å². The van der Waals surface area contributed by atoms with Crippen molar-refractivity contribution in [1.29, 1.82) is 0 Å². The van der Waals surface area contributed by atoms with Crippen LogP contribution in [0.4, 0.5) is 5.69 Å². The van der Waals surface area contributed by atoms with Gasteiger partial charge in [0, 0.05) is 12.1 Å². The molecule has 2 rings (SSSR count). The van der Waals surface area contributed by atoms with Crippen LogP contribution in [-0.2, 0) is 0 Å². The minimum Gasteiger partial charge on any atom is -0.482 e. The van der Waals surface area contributed by atoms with E-state index < -0.39 is 4.92 Å². The lowest BCUT2D eigenvalue weighted by molar-refractivity contribution is -0.386. The first-order chi connectivity index (χ1) is 8.58. The molecule has 0 bridgehead atoms. The molecule has 98 valence electrons. The Morgan fingerprint density at radius 1 is 1.44 bits per heavy atom. The van der Waals surface area contributed by atoms with Crippen molar-refractivity contribution in [2.24, 2.45) is 5.73 Å². The highest BCUT2D eigenvalue weighted by Crippen LogP contribution is 2.36. The van der Waals surface area contributed by atoms with Crippen LogP contribution >= 0.6 is 11.6 Å². The normalized spacial score (nSPS) is 23.7. The molecular weight excluding hydrogens is 256 g/mol. The molecule has 1 aromatic carbocycles. The van der Waals surface area contributed by atoms with Crippen LogP contribution in [-0.4, -0.2) is 17.1 Å². The molecule has 2 unspecified atom stereocenters. The maximum Gasteiger partial charge on any atom is 0.312 e. The fourth-order valence-corrected chi connectivity index (χ4v) is 2.43. The molecule has 1 fully saturated rings. The Morgan fingerprint density at radius 3 is 2.89 bits per heavy atom. The van der Waals surface area contributed by atoms with Gasteiger partial charge in [0.05, 0.1) is 9.95 Å². The van der Waals surface area contributed by atoms with Crippen LogP contribution in [0.3, 0.4) is 0 Å². The van der Waals surface area contributed by atoms with Gasteiger partial charge in [0.15, 0.2) is 0 Å². The van der Waals surface area contributed by atoms with Gasteiger partial charge in [-0.05, 0) is 31.7 Å². The van der Waals surface area contributed by atoms with Crippen LogP contribution in [0.5, 0.6) is 5.75 Å². The molecule has 0 spiro atoms. The minimum atomic E-state index is -0.482. The van der Waals surface area contributed by atoms with Gasteiger partial charge in [-0.3, -0.25) is 10.1 Å². The van der Waals surface area contributed by atoms with Crippen molar-refractivity contribution in [3.63, 3.8) is 0 Å². The Balaban J connectivity index is 2.20. The number of ether oxygens (including phenoxy) is 1. The SMILES string of the molecule is NC1CCCC(Oc2c(Cl)cccc2[N+](=O)[O-])C1. The molecule has 1 aliphatic carbocycles. The van der Waals surface area contributed by atoms with Crippen molar-refractivity contribution in [1.82, 2.24) is 0 Å². The molecule has 0 heterocycles. The van der Waals surface area contributed by atoms with Gasteiger partial charge in [0.1, 0.15) is 6.10 Å². The van der Waals surface area contributed by atoms with Crippen molar-refractivity contribution in [3.8, 4) is 5.75 Å². The summed E-state index contributed by atoms with van der Waals surface area (Å²) in [6.07, 6.45) is 3.43. The predicted molar refractivity (Wildman–Crippen MR) is 69.0 cm³/mol. The Hall–Kier alpha value is -1.33. The molecule has 2 atom stereocenters. The summed E-state index contributed by atoms with van der Waals surface area (Å²) in [5, 5.41) is 11.2. The van der Waals surface area contributed by atoms with Crippen LogP contribution in [0.1, 0.15) is 25.7 Å². The number of nitrogens with two attached hydrogens (primary N) is 1. The molecule has 6 heteroatoms. The van der Waals surface area contributed by atoms with Gasteiger partial charge >= 0.3 is 5.69 Å². The fraction of sp³-hybridized carbons (Fsp3) is 0.500. The van der Waals surface area contributed by atoms with Gasteiger partial charge in [-0.1, -0.05) is 17.7 Å². The first-order valence-corrected chi connectivity index (χ1v) is 6.31. The summed E-state index contributed by atoms with van der Waals surface area (Å²) < 4.78 is 5.70. The first kappa shape index (κ1) is 13.1. The second-order valence-electron chi connectivity index (χ2n) is 4.51. The molecule has 18 heavy (non-hydrogen) atoms. The van der Waals surface area contributed by atoms with E-state index in [1.54, 1.807) is 12.1 Å². The number of benzene rings is 1. The average Bonchev–Trinajstić information content (AvgIpc) is 2.31. The van der Waals surface area contributed by atoms with E-state index in [9.17, 15) is 10.1 Å². The molecule has 5 nitrogen and oxygen atoms in total. The van der Waals surface area contributed by atoms with Crippen molar-refractivity contribution in [2.75, 3.05) is 0 Å². The summed E-state index contributed by atoms with van der Waals surface area (Å²) in [4.78, 5) is 10.4. The van der Waals surface area contributed by atoms with Gasteiger partial charge in [-0.2, -0.15) is 0 Å². The zero-order valence-corrected chi connectivity index (χ0v) is 10.6. The molecule has 0 aliphatic heterocycles. The average molecular weight is 271 g/mol. The number of nitrogens with zero attached hydrogens (tertiary/aromatic N) is 1. The molecule has 1 aliphatic rings. The highest BCUT2D eigenvalue weighted by molar-refractivity contribution is 6.32. The molecule has 0 radical (unpaired) electrons. The number of halogens is 1. The first-order valence-electron chi connectivity index (χ1n) is 5.93. The van der Waals surface area contributed by atoms with Crippen molar-refractivity contribution < 1.29 is 9.66 Å². The standard InChI is InChI=1S/C12H15ClN2O3/c13-10-5-2-6-11(15(16)17)12(10)18-9-4-1-3-8(14)7-9/h2,5-6,8-9H,1,3-4,7,14H2. The lowest BCUT2D eigenvalue weighted by atomic mass is 9.93. The highest BCUT2D eigenvalue weighted by atomic mass is 35.5. The molecule has 0 aromatic heterocycles. The number of para-hydroxylation sites is 1. The third-order valence-electron chi connectivity index (χ3n) is 3.09. The van der Waals surface area contributed by atoms with Crippen LogP contribution < -0.4 is 10.5 Å². The van der Waals surface area contributed by atoms with E-state index in [1.807, 2.05) is 0 Å². The second-order valence-corrected chi connectivity index (χ2v) is 4.92. The topological polar surface area (TPSA) is 78.4 Å². The second kappa shape index (κ2) is 5.54. The summed E-state index contributed by atoms with van der Waals surface area (Å²) in [6.45, 7) is 0. The summed E-state index contributed by atoms with van der Waals surface area (Å²) in [5.41, 5.74) is 5.77. The smallest absolute Gasteiger partial charge is 0.312 e. The van der Waals surface area contributed by atoms with E-state index in [2.05, 4.69) is 0 Å². The maximum atomic E-state index is 10.9. The highest BCUT2D eigenvalue weighted by Gasteiger charge is 2.25. The van der Waals surface area contributed by atoms with Crippen LogP contribution in [0.15, 0.2) is 18.2 Å². The van der Waals surface area contributed by atoms with Gasteiger partial charge < -0.3 is 10.5 Å². The predicted octanol–water partition coefficient (Wildman–Crippen LogP) is 2.90. The van der Waals surface area contributed by atoms with Crippen LogP contribution in [0, 0.1) is 10.1 Å². The largest absolute Gasteiger partial charge is 0.482 e. The number of rotatable bonds is 3. The van der Waals surface area contributed by atoms with Crippen molar-refractivity contribution in [3.05, 3.63) is 33.3 Å². The molecule has 1 saturated carbocycles. The Labute approximate surface area is 110 Å². The van der Waals surface area contributed by atoms with E-state index >= 15 is 0 Å². The molecular formula is C12H15ClN2O3. The van der Waals surface area contributed by atoms with E-state index in [4.69, 9.17) is 22.1 Å². The summed E-state index contributed by atoms with van der Waals surface area (Å²) in [5.74, 6) is 0.156. The molecule has 0 amide bonds. The Morgan fingerprint density at radius 2 is 2.22 bits per heavy atom. The monoisotopic (exact) mass is 270 g/mol. The molecule has 2 N–H and O–H groups in total. The minimum absolute atomic E-state index is 0.0904. The van der Waals surface area contributed by atoms with Gasteiger partial charge in [-0.15, -0.1) is 0 Å².